The summed E-state index contributed by atoms with van der Waals surface area (Å²) in [6.07, 6.45) is 4.00. The van der Waals surface area contributed by atoms with Crippen LogP contribution < -0.4 is 11.1 Å². The number of urea groups is 1. The number of piperidine rings is 1. The average Bonchev–Trinajstić information content (AvgIpc) is 3.01. The van der Waals surface area contributed by atoms with Crippen LogP contribution in [0.15, 0.2) is 36.5 Å². The fourth-order valence-electron chi connectivity index (χ4n) is 3.22. The van der Waals surface area contributed by atoms with Crippen molar-refractivity contribution in [3.05, 3.63) is 42.2 Å². The van der Waals surface area contributed by atoms with Crippen molar-refractivity contribution < 1.29 is 9.59 Å². The van der Waals surface area contributed by atoms with Crippen LogP contribution in [0.5, 0.6) is 0 Å². The minimum absolute atomic E-state index is 0.140. The van der Waals surface area contributed by atoms with Crippen molar-refractivity contribution in [2.45, 2.75) is 26.2 Å². The molecule has 0 saturated carbocycles. The fourth-order valence-corrected chi connectivity index (χ4v) is 3.22. The van der Waals surface area contributed by atoms with Crippen LogP contribution in [-0.2, 0) is 4.79 Å². The maximum atomic E-state index is 12.7. The molecule has 132 valence electrons. The third-order valence-corrected chi connectivity index (χ3v) is 4.41. The van der Waals surface area contributed by atoms with Gasteiger partial charge in [-0.3, -0.25) is 4.79 Å². The number of likely N-dealkylation sites (tertiary alicyclic amines) is 1. The molecule has 2 aromatic rings. The molecule has 3 N–H and O–H groups in total. The first-order valence-corrected chi connectivity index (χ1v) is 8.49. The number of para-hydroxylation sites is 2. The average molecular weight is 341 g/mol. The van der Waals surface area contributed by atoms with E-state index in [1.807, 2.05) is 43.5 Å². The van der Waals surface area contributed by atoms with Crippen LogP contribution >= 0.6 is 0 Å². The second kappa shape index (κ2) is 7.38. The molecule has 25 heavy (non-hydrogen) atoms. The van der Waals surface area contributed by atoms with Crippen LogP contribution in [0.4, 0.5) is 10.5 Å². The van der Waals surface area contributed by atoms with Crippen molar-refractivity contribution in [2.24, 2.45) is 11.7 Å². The summed E-state index contributed by atoms with van der Waals surface area (Å²) in [4.78, 5) is 25.5. The highest BCUT2D eigenvalue weighted by atomic mass is 16.2. The van der Waals surface area contributed by atoms with Crippen molar-refractivity contribution in [1.29, 1.82) is 0 Å². The first-order valence-electron chi connectivity index (χ1n) is 8.49. The Morgan fingerprint density at radius 3 is 2.84 bits per heavy atom. The number of rotatable bonds is 4. The van der Waals surface area contributed by atoms with Gasteiger partial charge in [-0.05, 0) is 43.9 Å². The summed E-state index contributed by atoms with van der Waals surface area (Å²) in [5.74, 6) is -0.173. The fraction of sp³-hybridized carbons (Fsp3) is 0.389. The normalized spacial score (nSPS) is 17.3. The van der Waals surface area contributed by atoms with E-state index in [0.29, 0.717) is 25.2 Å². The molecule has 1 atom stereocenters. The molecule has 0 spiro atoms. The topological polar surface area (TPSA) is 93.3 Å². The van der Waals surface area contributed by atoms with Gasteiger partial charge in [0, 0.05) is 25.7 Å². The van der Waals surface area contributed by atoms with Gasteiger partial charge in [0.2, 0.25) is 5.91 Å². The largest absolute Gasteiger partial charge is 0.370 e. The number of aryl methyl sites for hydroxylation is 1. The van der Waals surface area contributed by atoms with E-state index in [-0.39, 0.29) is 17.9 Å². The van der Waals surface area contributed by atoms with Gasteiger partial charge in [-0.25, -0.2) is 9.48 Å². The second-order valence-corrected chi connectivity index (χ2v) is 6.47. The molecule has 2 heterocycles. The third kappa shape index (κ3) is 4.17. The summed E-state index contributed by atoms with van der Waals surface area (Å²) in [6, 6.07) is 9.30. The van der Waals surface area contributed by atoms with Gasteiger partial charge in [0.05, 0.1) is 17.1 Å². The van der Waals surface area contributed by atoms with Crippen LogP contribution in [0.25, 0.3) is 5.69 Å². The lowest BCUT2D eigenvalue weighted by molar-refractivity contribution is -0.119. The minimum Gasteiger partial charge on any atom is -0.370 e. The lowest BCUT2D eigenvalue weighted by Crippen LogP contribution is -2.43. The molecule has 1 aromatic carbocycles. The van der Waals surface area contributed by atoms with Crippen LogP contribution in [-0.4, -0.2) is 39.7 Å². The number of hydrogen-bond donors (Lipinski definition) is 2. The van der Waals surface area contributed by atoms with E-state index in [9.17, 15) is 9.59 Å². The molecule has 0 bridgehead atoms. The van der Waals surface area contributed by atoms with Crippen molar-refractivity contribution in [3.63, 3.8) is 0 Å². The summed E-state index contributed by atoms with van der Waals surface area (Å²) in [6.45, 7) is 3.16. The minimum atomic E-state index is -0.313. The Kier molecular flexibility index (Phi) is 5.02. The number of carbonyl (C=O) groups is 2. The van der Waals surface area contributed by atoms with Gasteiger partial charge in [0.15, 0.2) is 0 Å². The molecule has 3 rings (SSSR count). The van der Waals surface area contributed by atoms with Gasteiger partial charge in [-0.2, -0.15) is 5.10 Å². The molecular formula is C18H23N5O2. The number of aromatic nitrogens is 2. The van der Waals surface area contributed by atoms with E-state index in [2.05, 4.69) is 10.4 Å². The van der Waals surface area contributed by atoms with Gasteiger partial charge in [0.1, 0.15) is 0 Å². The van der Waals surface area contributed by atoms with Gasteiger partial charge in [-0.15, -0.1) is 0 Å². The molecule has 7 nitrogen and oxygen atoms in total. The van der Waals surface area contributed by atoms with Gasteiger partial charge in [0.25, 0.3) is 0 Å². The first-order chi connectivity index (χ1) is 12.0. The summed E-state index contributed by atoms with van der Waals surface area (Å²) >= 11 is 0. The molecule has 1 aliphatic rings. The zero-order valence-electron chi connectivity index (χ0n) is 14.3. The standard InChI is InChI=1S/C18H23N5O2/c1-13-8-10-23(21-13)16-7-3-2-6-15(16)20-18(25)22-9-4-5-14(12-22)11-17(19)24/h2-3,6-8,10,14H,4-5,9,11-12H2,1H3,(H2,19,24)(H,20,25)/t14-/m0/s1. The molecule has 0 radical (unpaired) electrons. The number of carbonyl (C=O) groups excluding carboxylic acids is 2. The number of benzene rings is 1. The molecule has 7 heteroatoms. The Balaban J connectivity index is 1.72. The monoisotopic (exact) mass is 341 g/mol. The summed E-state index contributed by atoms with van der Waals surface area (Å²) in [5.41, 5.74) is 7.71. The maximum absolute atomic E-state index is 12.7. The lowest BCUT2D eigenvalue weighted by Gasteiger charge is -2.32. The molecule has 3 amide bonds. The number of amides is 3. The summed E-state index contributed by atoms with van der Waals surface area (Å²) in [7, 11) is 0. The van der Waals surface area contributed by atoms with E-state index in [4.69, 9.17) is 5.73 Å². The maximum Gasteiger partial charge on any atom is 0.321 e. The number of hydrogen-bond acceptors (Lipinski definition) is 3. The van der Waals surface area contributed by atoms with Crippen LogP contribution in [0.3, 0.4) is 0 Å². The van der Waals surface area contributed by atoms with Gasteiger partial charge >= 0.3 is 6.03 Å². The quantitative estimate of drug-likeness (QED) is 0.893. The van der Waals surface area contributed by atoms with E-state index in [1.54, 1.807) is 9.58 Å². The molecule has 1 saturated heterocycles. The van der Waals surface area contributed by atoms with Crippen molar-refractivity contribution in [2.75, 3.05) is 18.4 Å². The smallest absolute Gasteiger partial charge is 0.321 e. The molecule has 1 aromatic heterocycles. The van der Waals surface area contributed by atoms with Crippen LogP contribution in [0, 0.1) is 12.8 Å². The number of primary amides is 1. The van der Waals surface area contributed by atoms with Crippen molar-refractivity contribution in [3.8, 4) is 5.69 Å². The number of nitrogens with zero attached hydrogens (tertiary/aromatic N) is 3. The highest BCUT2D eigenvalue weighted by Crippen LogP contribution is 2.23. The highest BCUT2D eigenvalue weighted by Gasteiger charge is 2.25. The summed E-state index contributed by atoms with van der Waals surface area (Å²) < 4.78 is 1.75. The molecular weight excluding hydrogens is 318 g/mol. The zero-order valence-corrected chi connectivity index (χ0v) is 14.3. The van der Waals surface area contributed by atoms with Crippen LogP contribution in [0.1, 0.15) is 25.0 Å². The highest BCUT2D eigenvalue weighted by molar-refractivity contribution is 5.91. The predicted octanol–water partition coefficient (Wildman–Crippen LogP) is 2.30. The third-order valence-electron chi connectivity index (χ3n) is 4.41. The Morgan fingerprint density at radius 1 is 1.32 bits per heavy atom. The van der Waals surface area contributed by atoms with Gasteiger partial charge in [-0.1, -0.05) is 12.1 Å². The predicted molar refractivity (Wildman–Crippen MR) is 95.4 cm³/mol. The first kappa shape index (κ1) is 17.0. The number of nitrogens with two attached hydrogens (primary N) is 1. The Bertz CT molecular complexity index is 770. The molecule has 0 aliphatic carbocycles. The van der Waals surface area contributed by atoms with Crippen LogP contribution in [0.2, 0.25) is 0 Å². The molecule has 1 fully saturated rings. The van der Waals surface area contributed by atoms with E-state index in [0.717, 1.165) is 24.2 Å². The lowest BCUT2D eigenvalue weighted by atomic mass is 9.95. The summed E-state index contributed by atoms with van der Waals surface area (Å²) in [5, 5.41) is 7.38. The van der Waals surface area contributed by atoms with E-state index >= 15 is 0 Å². The van der Waals surface area contributed by atoms with E-state index < -0.39 is 0 Å². The van der Waals surface area contributed by atoms with E-state index in [1.165, 1.54) is 0 Å². The van der Waals surface area contributed by atoms with Gasteiger partial charge < -0.3 is 16.0 Å². The molecule has 0 unspecified atom stereocenters. The Hall–Kier alpha value is -2.83. The Morgan fingerprint density at radius 2 is 2.12 bits per heavy atom. The number of nitrogens with one attached hydrogen (secondary N) is 1. The van der Waals surface area contributed by atoms with Crippen molar-refractivity contribution in [1.82, 2.24) is 14.7 Å². The molecule has 1 aliphatic heterocycles. The SMILES string of the molecule is Cc1ccn(-c2ccccc2NC(=O)N2CCC[C@@H](CC(N)=O)C2)n1. The zero-order chi connectivity index (χ0) is 17.8. The van der Waals surface area contributed by atoms with Crippen molar-refractivity contribution >= 4 is 17.6 Å². The Labute approximate surface area is 146 Å². The second-order valence-electron chi connectivity index (χ2n) is 6.47. The number of anilines is 1.